The van der Waals surface area contributed by atoms with Crippen molar-refractivity contribution in [2.24, 2.45) is 28.6 Å². The van der Waals surface area contributed by atoms with Gasteiger partial charge in [0.2, 0.25) is 5.91 Å². The molecule has 0 spiro atoms. The minimum absolute atomic E-state index is 0.206. The molecule has 0 aromatic carbocycles. The zero-order valence-corrected chi connectivity index (χ0v) is 13.9. The highest BCUT2D eigenvalue weighted by Gasteiger charge is 2.65. The van der Waals surface area contributed by atoms with Crippen LogP contribution in [-0.2, 0) is 9.59 Å². The van der Waals surface area contributed by atoms with Crippen LogP contribution < -0.4 is 5.32 Å². The summed E-state index contributed by atoms with van der Waals surface area (Å²) in [5, 5.41) is 2.03. The lowest BCUT2D eigenvalue weighted by atomic mass is 9.41. The average Bonchev–Trinajstić information content (AvgIpc) is 2.41. The Hall–Kier alpha value is -1.27. The quantitative estimate of drug-likeness (QED) is 0.854. The Morgan fingerprint density at radius 3 is 2.04 bits per heavy atom. The maximum atomic E-state index is 12.9. The maximum absolute atomic E-state index is 12.9. The second-order valence-corrected chi connectivity index (χ2v) is 8.94. The zero-order chi connectivity index (χ0) is 17.5. The highest BCUT2D eigenvalue weighted by atomic mass is 19.4. The molecule has 3 atom stereocenters. The van der Waals surface area contributed by atoms with Crippen molar-refractivity contribution in [3.63, 3.8) is 0 Å². The summed E-state index contributed by atoms with van der Waals surface area (Å²) >= 11 is 0. The van der Waals surface area contributed by atoms with Gasteiger partial charge in [0, 0.05) is 18.5 Å². The lowest BCUT2D eigenvalue weighted by Crippen LogP contribution is -2.71. The van der Waals surface area contributed by atoms with Crippen LogP contribution in [0.15, 0.2) is 0 Å². The molecule has 0 radical (unpaired) electrons. The first-order valence-electron chi connectivity index (χ1n) is 8.69. The molecule has 0 unspecified atom stereocenters. The third kappa shape index (κ3) is 2.12. The second-order valence-electron chi connectivity index (χ2n) is 8.94. The molecule has 2 heterocycles. The number of halogens is 3. The van der Waals surface area contributed by atoms with Crippen molar-refractivity contribution in [1.82, 2.24) is 10.2 Å². The first-order chi connectivity index (χ1) is 11.0. The van der Waals surface area contributed by atoms with Crippen LogP contribution in [0.25, 0.3) is 0 Å². The summed E-state index contributed by atoms with van der Waals surface area (Å²) in [6, 6.07) is -1.02. The average molecular weight is 344 g/mol. The number of hydrogen-bond donors (Lipinski definition) is 1. The molecule has 24 heavy (non-hydrogen) atoms. The monoisotopic (exact) mass is 344 g/mol. The summed E-state index contributed by atoms with van der Waals surface area (Å²) in [5.41, 5.74) is -0.225. The third-order valence-electron chi connectivity index (χ3n) is 7.34. The van der Waals surface area contributed by atoms with Gasteiger partial charge in [-0.05, 0) is 48.9 Å². The van der Waals surface area contributed by atoms with Crippen molar-refractivity contribution in [3.8, 4) is 0 Å². The van der Waals surface area contributed by atoms with Crippen molar-refractivity contribution >= 4 is 11.8 Å². The van der Waals surface area contributed by atoms with Crippen molar-refractivity contribution in [2.45, 2.75) is 51.7 Å². The number of nitrogens with zero attached hydrogens (tertiary/aromatic N) is 1. The van der Waals surface area contributed by atoms with Crippen molar-refractivity contribution in [2.75, 3.05) is 13.1 Å². The molecule has 134 valence electrons. The van der Waals surface area contributed by atoms with Crippen LogP contribution in [0.1, 0.15) is 39.5 Å². The fourth-order valence-corrected chi connectivity index (χ4v) is 5.30. The Morgan fingerprint density at radius 2 is 1.67 bits per heavy atom. The molecule has 2 saturated heterocycles. The number of carbonyl (C=O) groups is 2. The summed E-state index contributed by atoms with van der Waals surface area (Å²) in [5.74, 6) is -0.958. The maximum Gasteiger partial charge on any atom is 0.471 e. The summed E-state index contributed by atoms with van der Waals surface area (Å²) in [6.07, 6.45) is -1.59. The Balaban J connectivity index is 1.49. The molecule has 4 bridgehead atoms. The van der Waals surface area contributed by atoms with Crippen LogP contribution in [0, 0.1) is 28.6 Å². The summed E-state index contributed by atoms with van der Waals surface area (Å²) < 4.78 is 38.0. The number of alkyl halides is 3. The van der Waals surface area contributed by atoms with E-state index in [1.807, 2.05) is 5.32 Å². The highest BCUT2D eigenvalue weighted by molar-refractivity contribution is 5.91. The molecule has 6 fully saturated rings. The van der Waals surface area contributed by atoms with E-state index >= 15 is 0 Å². The van der Waals surface area contributed by atoms with Gasteiger partial charge in [0.05, 0.1) is 0 Å². The van der Waals surface area contributed by atoms with E-state index in [4.69, 9.17) is 0 Å². The van der Waals surface area contributed by atoms with Gasteiger partial charge >= 0.3 is 12.1 Å². The van der Waals surface area contributed by atoms with Crippen LogP contribution in [0.3, 0.4) is 0 Å². The highest BCUT2D eigenvalue weighted by Crippen LogP contribution is 2.66. The summed E-state index contributed by atoms with van der Waals surface area (Å²) in [7, 11) is 0. The molecule has 6 aliphatic rings. The van der Waals surface area contributed by atoms with E-state index in [0.29, 0.717) is 30.8 Å². The molecule has 0 aromatic rings. The molecule has 2 amide bonds. The molecule has 1 N–H and O–H groups in total. The Labute approximate surface area is 139 Å². The number of amides is 2. The standard InChI is InChI=1S/C17H23F3N2O2/c1-15(2)10-3-11(15)8-22(7-10)13(23)12(16-4-9(5-16)6-16)21-14(24)17(18,19)20/h9-12H,3-8H2,1-2H3,(H,21,24)/t9?,10-,11+,12-,16?/m1/s1. The van der Waals surface area contributed by atoms with Crippen molar-refractivity contribution in [1.29, 1.82) is 0 Å². The minimum atomic E-state index is -4.95. The number of nitrogens with one attached hydrogen (secondary N) is 1. The predicted octanol–water partition coefficient (Wildman–Crippen LogP) is 2.34. The lowest BCUT2D eigenvalue weighted by Gasteiger charge is -2.66. The smallest absolute Gasteiger partial charge is 0.340 e. The molecule has 4 nitrogen and oxygen atoms in total. The number of carbonyl (C=O) groups excluding carboxylic acids is 2. The summed E-state index contributed by atoms with van der Waals surface area (Å²) in [6.45, 7) is 5.58. The van der Waals surface area contributed by atoms with Gasteiger partial charge in [-0.2, -0.15) is 13.2 Å². The zero-order valence-electron chi connectivity index (χ0n) is 13.9. The first kappa shape index (κ1) is 16.2. The van der Waals surface area contributed by atoms with Gasteiger partial charge in [-0.15, -0.1) is 0 Å². The molecule has 7 heteroatoms. The van der Waals surface area contributed by atoms with E-state index < -0.39 is 23.5 Å². The molecular weight excluding hydrogens is 321 g/mol. The van der Waals surface area contributed by atoms with Crippen LogP contribution in [0.2, 0.25) is 0 Å². The number of rotatable bonds is 3. The van der Waals surface area contributed by atoms with Gasteiger partial charge in [-0.1, -0.05) is 13.8 Å². The minimum Gasteiger partial charge on any atom is -0.340 e. The van der Waals surface area contributed by atoms with Crippen LogP contribution >= 0.6 is 0 Å². The number of hydrogen-bond acceptors (Lipinski definition) is 2. The van der Waals surface area contributed by atoms with Gasteiger partial charge in [0.1, 0.15) is 6.04 Å². The fourth-order valence-electron chi connectivity index (χ4n) is 5.30. The number of fused-ring (bicyclic) bond motifs is 2. The van der Waals surface area contributed by atoms with Gasteiger partial charge in [0.25, 0.3) is 0 Å². The largest absolute Gasteiger partial charge is 0.471 e. The SMILES string of the molecule is CC1(C)[C@@H]2C[C@H]1CN(C(=O)[C@@H](NC(=O)C(F)(F)F)C13CC(C1)C3)C2. The van der Waals surface area contributed by atoms with E-state index in [1.54, 1.807) is 4.90 Å². The number of piperidine rings is 2. The molecule has 6 rings (SSSR count). The second kappa shape index (κ2) is 4.67. The molecule has 4 aliphatic carbocycles. The first-order valence-corrected chi connectivity index (χ1v) is 8.69. The predicted molar refractivity (Wildman–Crippen MR) is 79.7 cm³/mol. The Morgan fingerprint density at radius 1 is 1.12 bits per heavy atom. The fraction of sp³-hybridized carbons (Fsp3) is 0.882. The van der Waals surface area contributed by atoms with Gasteiger partial charge in [0.15, 0.2) is 0 Å². The van der Waals surface area contributed by atoms with Crippen LogP contribution in [-0.4, -0.2) is 42.0 Å². The van der Waals surface area contributed by atoms with E-state index in [9.17, 15) is 22.8 Å². The van der Waals surface area contributed by atoms with Crippen molar-refractivity contribution in [3.05, 3.63) is 0 Å². The Kier molecular flexibility index (Phi) is 3.15. The lowest BCUT2D eigenvalue weighted by molar-refractivity contribution is -0.190. The topological polar surface area (TPSA) is 49.4 Å². The van der Waals surface area contributed by atoms with Crippen LogP contribution in [0.4, 0.5) is 13.2 Å². The van der Waals surface area contributed by atoms with Gasteiger partial charge in [-0.25, -0.2) is 0 Å². The van der Waals surface area contributed by atoms with Crippen molar-refractivity contribution < 1.29 is 22.8 Å². The molecular formula is C17H23F3N2O2. The van der Waals surface area contributed by atoms with E-state index in [1.165, 1.54) is 0 Å². The Bertz CT molecular complexity index is 570. The molecule has 0 aromatic heterocycles. The van der Waals surface area contributed by atoms with E-state index in [2.05, 4.69) is 13.8 Å². The van der Waals surface area contributed by atoms with E-state index in [0.717, 1.165) is 25.7 Å². The molecule has 2 aliphatic heterocycles. The normalized spacial score (nSPS) is 39.9. The third-order valence-corrected chi connectivity index (χ3v) is 7.34. The van der Waals surface area contributed by atoms with E-state index in [-0.39, 0.29) is 11.3 Å². The van der Waals surface area contributed by atoms with Gasteiger partial charge in [-0.3, -0.25) is 9.59 Å². The van der Waals surface area contributed by atoms with Gasteiger partial charge < -0.3 is 10.2 Å². The molecule has 4 saturated carbocycles. The summed E-state index contributed by atoms with van der Waals surface area (Å²) in [4.78, 5) is 26.1. The van der Waals surface area contributed by atoms with Crippen LogP contribution in [0.5, 0.6) is 0 Å².